The molecule has 0 bridgehead atoms. The van der Waals surface area contributed by atoms with Crippen molar-refractivity contribution in [2.45, 2.75) is 6.92 Å². The third-order valence-electron chi connectivity index (χ3n) is 2.64. The van der Waals surface area contributed by atoms with Gasteiger partial charge in [0.2, 0.25) is 5.95 Å². The van der Waals surface area contributed by atoms with E-state index >= 15 is 0 Å². The van der Waals surface area contributed by atoms with Crippen LogP contribution in [-0.4, -0.2) is 36.1 Å². The summed E-state index contributed by atoms with van der Waals surface area (Å²) in [6.07, 6.45) is 3.22. The van der Waals surface area contributed by atoms with Gasteiger partial charge in [-0.05, 0) is 19.1 Å². The lowest BCUT2D eigenvalue weighted by Gasteiger charge is -2.07. The van der Waals surface area contributed by atoms with Crippen LogP contribution in [0.5, 0.6) is 0 Å². The second kappa shape index (κ2) is 4.92. The van der Waals surface area contributed by atoms with Gasteiger partial charge >= 0.3 is 0 Å². The highest BCUT2D eigenvalue weighted by atomic mass is 16.1. The van der Waals surface area contributed by atoms with Gasteiger partial charge in [-0.25, -0.2) is 4.68 Å². The number of benzene rings is 1. The lowest BCUT2D eigenvalue weighted by molar-refractivity contribution is 0.102. The average molecular weight is 269 g/mol. The van der Waals surface area contributed by atoms with Gasteiger partial charge in [0, 0.05) is 0 Å². The summed E-state index contributed by atoms with van der Waals surface area (Å²) in [5.41, 5.74) is 1.09. The largest absolute Gasteiger partial charge is 0.289 e. The highest BCUT2D eigenvalue weighted by Gasteiger charge is 2.14. The molecule has 0 spiro atoms. The number of carbonyl (C=O) groups is 1. The van der Waals surface area contributed by atoms with E-state index in [4.69, 9.17) is 0 Å². The molecule has 0 saturated heterocycles. The highest BCUT2D eigenvalue weighted by molar-refractivity contribution is 6.05. The number of hydrogen-bond acceptors (Lipinski definition) is 5. The highest BCUT2D eigenvalue weighted by Crippen LogP contribution is 2.14. The summed E-state index contributed by atoms with van der Waals surface area (Å²) in [5.74, 6) is 0.556. The Bertz CT molecular complexity index is 732. The Morgan fingerprint density at radius 3 is 2.90 bits per heavy atom. The van der Waals surface area contributed by atoms with Crippen molar-refractivity contribution in [3.8, 4) is 5.69 Å². The number of rotatable bonds is 3. The minimum Gasteiger partial charge on any atom is -0.289 e. The van der Waals surface area contributed by atoms with Gasteiger partial charge in [-0.1, -0.05) is 17.3 Å². The summed E-state index contributed by atoms with van der Waals surface area (Å²) in [6.45, 7) is 1.76. The molecule has 0 aliphatic rings. The van der Waals surface area contributed by atoms with E-state index in [9.17, 15) is 4.79 Å². The summed E-state index contributed by atoms with van der Waals surface area (Å²) in [4.78, 5) is 16.3. The van der Waals surface area contributed by atoms with E-state index in [0.29, 0.717) is 17.1 Å². The van der Waals surface area contributed by atoms with Crippen LogP contribution in [0.1, 0.15) is 16.2 Å². The molecule has 1 amide bonds. The van der Waals surface area contributed by atoms with Crippen molar-refractivity contribution in [3.63, 3.8) is 0 Å². The molecule has 3 aromatic rings. The van der Waals surface area contributed by atoms with E-state index in [1.165, 1.54) is 4.68 Å². The van der Waals surface area contributed by atoms with E-state index in [1.807, 2.05) is 6.07 Å². The molecule has 2 N–H and O–H groups in total. The Kier molecular flexibility index (Phi) is 2.96. The van der Waals surface area contributed by atoms with Crippen LogP contribution in [0.4, 0.5) is 5.95 Å². The first-order valence-corrected chi connectivity index (χ1v) is 5.90. The maximum atomic E-state index is 12.3. The molecule has 8 heteroatoms. The molecular weight excluding hydrogens is 258 g/mol. The monoisotopic (exact) mass is 269 g/mol. The maximum Gasteiger partial charge on any atom is 0.260 e. The summed E-state index contributed by atoms with van der Waals surface area (Å²) in [5, 5.41) is 16.8. The minimum atomic E-state index is -0.310. The fraction of sp³-hybridized carbons (Fsp3) is 0.0833. The van der Waals surface area contributed by atoms with E-state index in [0.717, 1.165) is 0 Å². The summed E-state index contributed by atoms with van der Waals surface area (Å²) in [7, 11) is 0. The summed E-state index contributed by atoms with van der Waals surface area (Å²) < 4.78 is 1.53. The molecule has 0 unspecified atom stereocenters. The summed E-state index contributed by atoms with van der Waals surface area (Å²) in [6, 6.07) is 7.09. The smallest absolute Gasteiger partial charge is 0.260 e. The van der Waals surface area contributed by atoms with Gasteiger partial charge in [0.25, 0.3) is 5.91 Å². The van der Waals surface area contributed by atoms with Crippen LogP contribution in [0.15, 0.2) is 36.7 Å². The molecule has 100 valence electrons. The van der Waals surface area contributed by atoms with Crippen LogP contribution in [0.25, 0.3) is 5.69 Å². The molecular formula is C12H11N7O. The minimum absolute atomic E-state index is 0.237. The molecule has 0 saturated carbocycles. The Hall–Kier alpha value is -3.03. The average Bonchev–Trinajstić information content (AvgIpc) is 3.10. The molecule has 2 aromatic heterocycles. The van der Waals surface area contributed by atoms with Gasteiger partial charge in [-0.3, -0.25) is 15.2 Å². The van der Waals surface area contributed by atoms with Gasteiger partial charge < -0.3 is 0 Å². The summed E-state index contributed by atoms with van der Waals surface area (Å²) >= 11 is 0. The number of nitrogens with one attached hydrogen (secondary N) is 2. The number of anilines is 1. The molecule has 3 rings (SSSR count). The predicted molar refractivity (Wildman–Crippen MR) is 70.4 cm³/mol. The predicted octanol–water partition coefficient (Wildman–Crippen LogP) is 0.946. The molecule has 0 radical (unpaired) electrons. The SMILES string of the molecule is Cc1nc(NC(=O)c2ccccc2-n2ccnn2)n[nH]1. The van der Waals surface area contributed by atoms with E-state index < -0.39 is 0 Å². The van der Waals surface area contributed by atoms with Crippen molar-refractivity contribution in [1.82, 2.24) is 30.2 Å². The maximum absolute atomic E-state index is 12.3. The number of nitrogens with zero attached hydrogens (tertiary/aromatic N) is 5. The number of hydrogen-bond donors (Lipinski definition) is 2. The number of para-hydroxylation sites is 1. The zero-order valence-electron chi connectivity index (χ0n) is 10.6. The Morgan fingerprint density at radius 2 is 2.20 bits per heavy atom. The quantitative estimate of drug-likeness (QED) is 0.737. The number of amides is 1. The third-order valence-corrected chi connectivity index (χ3v) is 2.64. The third kappa shape index (κ3) is 2.26. The lowest BCUT2D eigenvalue weighted by atomic mass is 10.1. The van der Waals surface area contributed by atoms with Gasteiger partial charge in [-0.15, -0.1) is 10.2 Å². The van der Waals surface area contributed by atoms with Crippen molar-refractivity contribution in [3.05, 3.63) is 48.0 Å². The fourth-order valence-corrected chi connectivity index (χ4v) is 1.77. The first kappa shape index (κ1) is 12.0. The van der Waals surface area contributed by atoms with E-state index in [-0.39, 0.29) is 11.9 Å². The van der Waals surface area contributed by atoms with Crippen LogP contribution in [0.2, 0.25) is 0 Å². The molecule has 20 heavy (non-hydrogen) atoms. The second-order valence-electron chi connectivity index (χ2n) is 4.06. The second-order valence-corrected chi connectivity index (χ2v) is 4.06. The lowest BCUT2D eigenvalue weighted by Crippen LogP contribution is -2.16. The molecule has 2 heterocycles. The molecule has 0 atom stereocenters. The number of H-pyrrole nitrogens is 1. The molecule has 8 nitrogen and oxygen atoms in total. The fourth-order valence-electron chi connectivity index (χ4n) is 1.77. The van der Waals surface area contributed by atoms with Crippen LogP contribution in [0, 0.1) is 6.92 Å². The number of carbonyl (C=O) groups excluding carboxylic acids is 1. The topological polar surface area (TPSA) is 101 Å². The normalized spacial score (nSPS) is 10.4. The first-order chi connectivity index (χ1) is 9.74. The van der Waals surface area contributed by atoms with Crippen molar-refractivity contribution >= 4 is 11.9 Å². The van der Waals surface area contributed by atoms with Crippen molar-refractivity contribution in [2.75, 3.05) is 5.32 Å². The standard InChI is InChI=1S/C12H11N7O/c1-8-14-12(17-16-8)15-11(20)9-4-2-3-5-10(9)19-7-6-13-18-19/h2-7H,1H3,(H2,14,15,16,17,20). The molecule has 1 aromatic carbocycles. The Labute approximate surface area is 113 Å². The Balaban J connectivity index is 1.92. The van der Waals surface area contributed by atoms with Crippen LogP contribution >= 0.6 is 0 Å². The van der Waals surface area contributed by atoms with Gasteiger partial charge in [0.05, 0.1) is 23.6 Å². The van der Waals surface area contributed by atoms with Crippen molar-refractivity contribution < 1.29 is 4.79 Å². The zero-order chi connectivity index (χ0) is 13.9. The molecule has 0 fully saturated rings. The number of aromatic nitrogens is 6. The molecule has 0 aliphatic carbocycles. The number of aromatic amines is 1. The van der Waals surface area contributed by atoms with Crippen LogP contribution in [0.3, 0.4) is 0 Å². The van der Waals surface area contributed by atoms with Crippen molar-refractivity contribution in [2.24, 2.45) is 0 Å². The van der Waals surface area contributed by atoms with Gasteiger partial charge in [0.15, 0.2) is 0 Å². The first-order valence-electron chi connectivity index (χ1n) is 5.90. The Morgan fingerprint density at radius 1 is 1.35 bits per heavy atom. The van der Waals surface area contributed by atoms with Crippen LogP contribution < -0.4 is 5.32 Å². The van der Waals surface area contributed by atoms with Gasteiger partial charge in [-0.2, -0.15) is 4.98 Å². The number of aryl methyl sites for hydroxylation is 1. The van der Waals surface area contributed by atoms with Crippen molar-refractivity contribution in [1.29, 1.82) is 0 Å². The zero-order valence-corrected chi connectivity index (χ0v) is 10.6. The molecule has 0 aliphatic heterocycles. The van der Waals surface area contributed by atoms with E-state index in [1.54, 1.807) is 37.5 Å². The van der Waals surface area contributed by atoms with Crippen LogP contribution in [-0.2, 0) is 0 Å². The van der Waals surface area contributed by atoms with Gasteiger partial charge in [0.1, 0.15) is 5.82 Å². The van der Waals surface area contributed by atoms with E-state index in [2.05, 4.69) is 30.8 Å².